The van der Waals surface area contributed by atoms with E-state index in [1.807, 2.05) is 17.0 Å². The molecule has 2 aliphatic rings. The van der Waals surface area contributed by atoms with Crippen molar-refractivity contribution in [2.75, 3.05) is 31.2 Å². The van der Waals surface area contributed by atoms with Gasteiger partial charge in [0, 0.05) is 31.3 Å². The van der Waals surface area contributed by atoms with Gasteiger partial charge in [0.1, 0.15) is 5.82 Å². The van der Waals surface area contributed by atoms with E-state index in [-0.39, 0.29) is 5.82 Å². The molecule has 0 spiro atoms. The summed E-state index contributed by atoms with van der Waals surface area (Å²) in [4.78, 5) is 6.68. The summed E-state index contributed by atoms with van der Waals surface area (Å²) in [5.41, 5.74) is 2.98. The van der Waals surface area contributed by atoms with E-state index >= 15 is 0 Å². The van der Waals surface area contributed by atoms with Crippen molar-refractivity contribution in [1.29, 1.82) is 0 Å². The molecule has 2 heterocycles. The summed E-state index contributed by atoms with van der Waals surface area (Å²) in [5.74, 6) is 0.366. The molecule has 2 fully saturated rings. The Labute approximate surface area is 137 Å². The Morgan fingerprint density at radius 1 is 1.18 bits per heavy atom. The lowest BCUT2D eigenvalue weighted by molar-refractivity contribution is 0.122. The van der Waals surface area contributed by atoms with Gasteiger partial charge in [-0.1, -0.05) is 0 Å². The summed E-state index contributed by atoms with van der Waals surface area (Å²) in [6.07, 6.45) is 6.35. The molecule has 116 valence electrons. The van der Waals surface area contributed by atoms with Crippen LogP contribution in [0.15, 0.2) is 29.1 Å². The lowest BCUT2D eigenvalue weighted by Gasteiger charge is -2.30. The third kappa shape index (κ3) is 2.65. The zero-order valence-corrected chi connectivity index (χ0v) is 13.7. The predicted octanol–water partition coefficient (Wildman–Crippen LogP) is 3.49. The van der Waals surface area contributed by atoms with Gasteiger partial charge in [-0.05, 0) is 34.8 Å². The zero-order valence-electron chi connectivity index (χ0n) is 12.1. The van der Waals surface area contributed by atoms with Crippen LogP contribution in [0.1, 0.15) is 24.5 Å². The molecule has 0 unspecified atom stereocenters. The Balaban J connectivity index is 1.76. The van der Waals surface area contributed by atoms with Crippen molar-refractivity contribution < 1.29 is 9.13 Å². The molecule has 0 bridgehead atoms. The molecule has 4 nitrogen and oxygen atoms in total. The number of benzene rings is 1. The highest BCUT2D eigenvalue weighted by Crippen LogP contribution is 2.40. The van der Waals surface area contributed by atoms with E-state index in [0.29, 0.717) is 23.6 Å². The average molecular weight is 366 g/mol. The monoisotopic (exact) mass is 365 g/mol. The van der Waals surface area contributed by atoms with Crippen LogP contribution in [0.2, 0.25) is 0 Å². The molecule has 1 aliphatic heterocycles. The van der Waals surface area contributed by atoms with E-state index in [9.17, 15) is 4.39 Å². The molecular formula is C16H17BrFN3O. The van der Waals surface area contributed by atoms with E-state index in [4.69, 9.17) is 4.74 Å². The van der Waals surface area contributed by atoms with Crippen molar-refractivity contribution in [2.24, 2.45) is 0 Å². The van der Waals surface area contributed by atoms with Crippen molar-refractivity contribution in [2.45, 2.75) is 18.8 Å². The van der Waals surface area contributed by atoms with Gasteiger partial charge in [0.05, 0.1) is 41.1 Å². The van der Waals surface area contributed by atoms with Gasteiger partial charge < -0.3 is 14.2 Å². The van der Waals surface area contributed by atoms with Crippen LogP contribution >= 0.6 is 15.9 Å². The van der Waals surface area contributed by atoms with E-state index < -0.39 is 0 Å². The van der Waals surface area contributed by atoms with Gasteiger partial charge in [0.25, 0.3) is 0 Å². The van der Waals surface area contributed by atoms with Crippen molar-refractivity contribution in [3.8, 4) is 5.69 Å². The molecule has 0 radical (unpaired) electrons. The number of aromatic nitrogens is 2. The fraction of sp³-hybridized carbons (Fsp3) is 0.438. The summed E-state index contributed by atoms with van der Waals surface area (Å²) in [7, 11) is 0. The summed E-state index contributed by atoms with van der Waals surface area (Å²) in [6, 6.07) is 3.43. The van der Waals surface area contributed by atoms with Gasteiger partial charge in [-0.2, -0.15) is 0 Å². The Hall–Kier alpha value is -1.40. The molecule has 6 heteroatoms. The minimum Gasteiger partial charge on any atom is -0.378 e. The van der Waals surface area contributed by atoms with E-state index in [2.05, 4.69) is 32.0 Å². The first-order valence-corrected chi connectivity index (χ1v) is 8.37. The van der Waals surface area contributed by atoms with Crippen LogP contribution < -0.4 is 4.90 Å². The molecule has 22 heavy (non-hydrogen) atoms. The van der Waals surface area contributed by atoms with Crippen LogP contribution in [-0.4, -0.2) is 35.9 Å². The summed E-state index contributed by atoms with van der Waals surface area (Å²) >= 11 is 3.30. The van der Waals surface area contributed by atoms with Gasteiger partial charge in [-0.3, -0.25) is 0 Å². The summed E-state index contributed by atoms with van der Waals surface area (Å²) in [5, 5.41) is 0. The number of halogens is 2. The fourth-order valence-electron chi connectivity index (χ4n) is 2.85. The number of morpholine rings is 1. The zero-order chi connectivity index (χ0) is 15.1. The first-order chi connectivity index (χ1) is 10.7. The van der Waals surface area contributed by atoms with Crippen LogP contribution in [0, 0.1) is 5.82 Å². The number of hydrogen-bond acceptors (Lipinski definition) is 3. The molecule has 1 saturated heterocycles. The van der Waals surface area contributed by atoms with Gasteiger partial charge in [0.2, 0.25) is 0 Å². The van der Waals surface area contributed by atoms with Crippen molar-refractivity contribution in [3.63, 3.8) is 0 Å². The highest BCUT2D eigenvalue weighted by molar-refractivity contribution is 9.10. The number of ether oxygens (including phenoxy) is 1. The number of nitrogens with zero attached hydrogens (tertiary/aromatic N) is 3. The number of hydrogen-bond donors (Lipinski definition) is 0. The maximum absolute atomic E-state index is 14.0. The third-order valence-electron chi connectivity index (χ3n) is 4.25. The Morgan fingerprint density at radius 2 is 1.95 bits per heavy atom. The average Bonchev–Trinajstić information content (AvgIpc) is 3.28. The van der Waals surface area contributed by atoms with Crippen LogP contribution in [0.25, 0.3) is 5.69 Å². The number of rotatable bonds is 3. The molecule has 0 N–H and O–H groups in total. The topological polar surface area (TPSA) is 30.3 Å². The van der Waals surface area contributed by atoms with Gasteiger partial charge in [0.15, 0.2) is 0 Å². The second-order valence-electron chi connectivity index (χ2n) is 5.83. The van der Waals surface area contributed by atoms with E-state index in [0.717, 1.165) is 30.2 Å². The van der Waals surface area contributed by atoms with Crippen molar-refractivity contribution in [1.82, 2.24) is 9.55 Å². The second-order valence-corrected chi connectivity index (χ2v) is 6.69. The van der Waals surface area contributed by atoms with Crippen molar-refractivity contribution >= 4 is 21.6 Å². The van der Waals surface area contributed by atoms with E-state index in [1.165, 1.54) is 12.8 Å². The standard InChI is InChI=1S/C16H17BrFN3O/c17-12-7-15(21-9-14(19-10-21)11-1-2-11)16(8-13(12)18)20-3-5-22-6-4-20/h7-11H,1-6H2. The predicted molar refractivity (Wildman–Crippen MR) is 86.2 cm³/mol. The first kappa shape index (κ1) is 14.2. The van der Waals surface area contributed by atoms with Crippen LogP contribution in [0.3, 0.4) is 0 Å². The molecule has 2 aromatic rings. The van der Waals surface area contributed by atoms with E-state index in [1.54, 1.807) is 6.07 Å². The van der Waals surface area contributed by atoms with Gasteiger partial charge in [-0.25, -0.2) is 9.37 Å². The molecule has 1 aliphatic carbocycles. The van der Waals surface area contributed by atoms with Gasteiger partial charge in [-0.15, -0.1) is 0 Å². The summed E-state index contributed by atoms with van der Waals surface area (Å²) in [6.45, 7) is 2.90. The Morgan fingerprint density at radius 3 is 2.68 bits per heavy atom. The van der Waals surface area contributed by atoms with Gasteiger partial charge >= 0.3 is 0 Å². The number of imidazole rings is 1. The highest BCUT2D eigenvalue weighted by Gasteiger charge is 2.26. The normalized spacial score (nSPS) is 18.7. The Kier molecular flexibility index (Phi) is 3.66. The lowest BCUT2D eigenvalue weighted by atomic mass is 10.2. The minimum atomic E-state index is -0.243. The van der Waals surface area contributed by atoms with Crippen LogP contribution in [0.4, 0.5) is 10.1 Å². The molecular weight excluding hydrogens is 349 g/mol. The smallest absolute Gasteiger partial charge is 0.139 e. The Bertz CT molecular complexity index is 693. The fourth-order valence-corrected chi connectivity index (χ4v) is 3.18. The van der Waals surface area contributed by atoms with Crippen molar-refractivity contribution in [3.05, 3.63) is 40.6 Å². The summed E-state index contributed by atoms with van der Waals surface area (Å²) < 4.78 is 21.9. The highest BCUT2D eigenvalue weighted by atomic mass is 79.9. The molecule has 1 aromatic carbocycles. The molecule has 0 amide bonds. The SMILES string of the molecule is Fc1cc(N2CCOCC2)c(-n2cnc(C3CC3)c2)cc1Br. The minimum absolute atomic E-state index is 0.243. The van der Waals surface area contributed by atoms with Crippen LogP contribution in [0.5, 0.6) is 0 Å². The molecule has 4 rings (SSSR count). The largest absolute Gasteiger partial charge is 0.378 e. The molecule has 1 saturated carbocycles. The quantitative estimate of drug-likeness (QED) is 0.833. The number of anilines is 1. The second kappa shape index (κ2) is 5.66. The lowest BCUT2D eigenvalue weighted by Crippen LogP contribution is -2.36. The third-order valence-corrected chi connectivity index (χ3v) is 4.85. The molecule has 1 aromatic heterocycles. The van der Waals surface area contributed by atoms with Crippen LogP contribution in [-0.2, 0) is 4.74 Å². The maximum Gasteiger partial charge on any atom is 0.139 e. The molecule has 0 atom stereocenters. The first-order valence-electron chi connectivity index (χ1n) is 7.58. The maximum atomic E-state index is 14.0.